The van der Waals surface area contributed by atoms with Crippen molar-refractivity contribution >= 4 is 11.8 Å². The fourth-order valence-corrected chi connectivity index (χ4v) is 2.17. The number of unbranched alkanes of at least 4 members (excludes halogenated alkanes) is 2. The Morgan fingerprint density at radius 2 is 1.58 bits per heavy atom. The van der Waals surface area contributed by atoms with E-state index in [1.165, 1.54) is 5.01 Å². The Bertz CT molecular complexity index is 366. The molecule has 1 aliphatic heterocycles. The van der Waals surface area contributed by atoms with Crippen LogP contribution in [0.4, 0.5) is 0 Å². The maximum atomic E-state index is 12.3. The van der Waals surface area contributed by atoms with Crippen molar-refractivity contribution < 1.29 is 9.59 Å². The fourth-order valence-electron chi connectivity index (χ4n) is 2.17. The first-order chi connectivity index (χ1) is 9.02. The van der Waals surface area contributed by atoms with Crippen molar-refractivity contribution in [1.29, 1.82) is 0 Å². The van der Waals surface area contributed by atoms with Crippen molar-refractivity contribution in [2.45, 2.75) is 59.8 Å². The van der Waals surface area contributed by atoms with Gasteiger partial charge in [-0.15, -0.1) is 0 Å². The van der Waals surface area contributed by atoms with E-state index in [4.69, 9.17) is 0 Å². The normalized spacial score (nSPS) is 16.8. The van der Waals surface area contributed by atoms with E-state index in [9.17, 15) is 9.59 Å². The van der Waals surface area contributed by atoms with Crippen LogP contribution in [0.5, 0.6) is 0 Å². The van der Waals surface area contributed by atoms with Crippen LogP contribution in [0.1, 0.15) is 59.8 Å². The highest BCUT2D eigenvalue weighted by Crippen LogP contribution is 2.21. The molecule has 0 saturated carbocycles. The largest absolute Gasteiger partial charge is 0.273 e. The van der Waals surface area contributed by atoms with Crippen molar-refractivity contribution in [3.63, 3.8) is 0 Å². The summed E-state index contributed by atoms with van der Waals surface area (Å²) in [5, 5.41) is 3.32. The predicted molar refractivity (Wildman–Crippen MR) is 76.2 cm³/mol. The summed E-state index contributed by atoms with van der Waals surface area (Å²) in [6, 6.07) is 0. The van der Waals surface area contributed by atoms with Crippen LogP contribution >= 0.6 is 0 Å². The molecule has 19 heavy (non-hydrogen) atoms. The number of hydrogen-bond acceptors (Lipinski definition) is 3. The number of hydrogen-bond donors (Lipinski definition) is 0. The number of nitrogens with zero attached hydrogens (tertiary/aromatic N) is 2. The second-order valence-electron chi connectivity index (χ2n) is 5.25. The second-order valence-corrected chi connectivity index (χ2v) is 5.25. The minimum Gasteiger partial charge on any atom is -0.273 e. The van der Waals surface area contributed by atoms with Gasteiger partial charge in [-0.3, -0.25) is 9.59 Å². The van der Waals surface area contributed by atoms with E-state index < -0.39 is 0 Å². The van der Waals surface area contributed by atoms with Crippen LogP contribution in [0.2, 0.25) is 0 Å². The Labute approximate surface area is 116 Å². The molecular weight excluding hydrogens is 240 g/mol. The van der Waals surface area contributed by atoms with E-state index in [-0.39, 0.29) is 11.8 Å². The van der Waals surface area contributed by atoms with Crippen LogP contribution in [0.25, 0.3) is 0 Å². The number of carbonyl (C=O) groups is 2. The van der Waals surface area contributed by atoms with E-state index in [0.29, 0.717) is 6.42 Å². The zero-order chi connectivity index (χ0) is 14.4. The van der Waals surface area contributed by atoms with Gasteiger partial charge in [0.05, 0.1) is 6.42 Å². The van der Waals surface area contributed by atoms with Gasteiger partial charge < -0.3 is 0 Å². The Balaban J connectivity index is 2.87. The van der Waals surface area contributed by atoms with Gasteiger partial charge in [-0.05, 0) is 26.7 Å². The lowest BCUT2D eigenvalue weighted by molar-refractivity contribution is -0.163. The Hall–Kier alpha value is -1.16. The highest BCUT2D eigenvalue weighted by atomic mass is 16.2. The maximum Gasteiger partial charge on any atom is 0.270 e. The summed E-state index contributed by atoms with van der Waals surface area (Å²) in [5.41, 5.74) is 1.62. The summed E-state index contributed by atoms with van der Waals surface area (Å²) in [7, 11) is 0. The van der Waals surface area contributed by atoms with E-state index in [0.717, 1.165) is 49.9 Å². The third-order valence-electron chi connectivity index (χ3n) is 3.63. The zero-order valence-electron chi connectivity index (χ0n) is 12.7. The van der Waals surface area contributed by atoms with Crippen LogP contribution in [0.3, 0.4) is 0 Å². The molecule has 108 valence electrons. The monoisotopic (exact) mass is 266 g/mol. The third-order valence-corrected chi connectivity index (χ3v) is 3.63. The summed E-state index contributed by atoms with van der Waals surface area (Å²) in [6.07, 6.45) is 4.50. The molecular formula is C15H26N2O2. The molecule has 0 aromatic heterocycles. The Kier molecular flexibility index (Phi) is 6.22. The summed E-state index contributed by atoms with van der Waals surface area (Å²) in [4.78, 5) is 24.5. The topological polar surface area (TPSA) is 40.6 Å². The molecule has 0 bridgehead atoms. The molecule has 1 heterocycles. The number of carbonyl (C=O) groups excluding carboxylic acids is 2. The SMILES string of the molecule is CCCCN(CCCC)N1C(=O)CC(C)=C(C)C1=O. The molecule has 1 aliphatic rings. The van der Waals surface area contributed by atoms with Gasteiger partial charge in [0.25, 0.3) is 5.91 Å². The molecule has 0 atom stereocenters. The van der Waals surface area contributed by atoms with Crippen LogP contribution in [-0.4, -0.2) is 34.9 Å². The first-order valence-corrected chi connectivity index (χ1v) is 7.31. The maximum absolute atomic E-state index is 12.3. The van der Waals surface area contributed by atoms with Crippen molar-refractivity contribution in [1.82, 2.24) is 10.0 Å². The molecule has 0 N–H and O–H groups in total. The van der Waals surface area contributed by atoms with Crippen molar-refractivity contribution in [2.24, 2.45) is 0 Å². The van der Waals surface area contributed by atoms with Crippen LogP contribution in [0.15, 0.2) is 11.1 Å². The lowest BCUT2D eigenvalue weighted by Gasteiger charge is -2.36. The van der Waals surface area contributed by atoms with Crippen LogP contribution < -0.4 is 0 Å². The fraction of sp³-hybridized carbons (Fsp3) is 0.733. The summed E-state index contributed by atoms with van der Waals surface area (Å²) in [6.45, 7) is 9.47. The molecule has 0 radical (unpaired) electrons. The highest BCUT2D eigenvalue weighted by Gasteiger charge is 2.33. The first kappa shape index (κ1) is 15.9. The summed E-state index contributed by atoms with van der Waals surface area (Å²) >= 11 is 0. The number of amides is 2. The van der Waals surface area contributed by atoms with Gasteiger partial charge >= 0.3 is 0 Å². The van der Waals surface area contributed by atoms with Crippen molar-refractivity contribution in [3.8, 4) is 0 Å². The lowest BCUT2D eigenvalue weighted by atomic mass is 10.0. The number of imide groups is 1. The highest BCUT2D eigenvalue weighted by molar-refractivity contribution is 6.07. The minimum absolute atomic E-state index is 0.0830. The smallest absolute Gasteiger partial charge is 0.270 e. The van der Waals surface area contributed by atoms with Gasteiger partial charge in [-0.25, -0.2) is 10.0 Å². The average molecular weight is 266 g/mol. The zero-order valence-corrected chi connectivity index (χ0v) is 12.7. The summed E-state index contributed by atoms with van der Waals surface area (Å²) < 4.78 is 0. The quantitative estimate of drug-likeness (QED) is 0.665. The van der Waals surface area contributed by atoms with E-state index >= 15 is 0 Å². The Morgan fingerprint density at radius 1 is 1.05 bits per heavy atom. The number of hydrazine groups is 1. The molecule has 0 spiro atoms. The van der Waals surface area contributed by atoms with Gasteiger partial charge in [0.15, 0.2) is 0 Å². The van der Waals surface area contributed by atoms with E-state index in [1.807, 2.05) is 18.9 Å². The molecule has 4 heteroatoms. The molecule has 4 nitrogen and oxygen atoms in total. The molecule has 0 aromatic carbocycles. The summed E-state index contributed by atoms with van der Waals surface area (Å²) in [5.74, 6) is -0.221. The van der Waals surface area contributed by atoms with E-state index in [1.54, 1.807) is 0 Å². The van der Waals surface area contributed by atoms with Gasteiger partial charge in [0.1, 0.15) is 0 Å². The molecule has 0 aromatic rings. The Morgan fingerprint density at radius 3 is 2.05 bits per heavy atom. The first-order valence-electron chi connectivity index (χ1n) is 7.31. The molecule has 0 saturated heterocycles. The molecule has 1 rings (SSSR count). The predicted octanol–water partition coefficient (Wildman–Crippen LogP) is 2.90. The van der Waals surface area contributed by atoms with Crippen molar-refractivity contribution in [2.75, 3.05) is 13.1 Å². The lowest BCUT2D eigenvalue weighted by Crippen LogP contribution is -2.53. The van der Waals surface area contributed by atoms with Gasteiger partial charge in [-0.2, -0.15) is 0 Å². The van der Waals surface area contributed by atoms with Gasteiger partial charge in [0, 0.05) is 18.7 Å². The van der Waals surface area contributed by atoms with Gasteiger partial charge in [-0.1, -0.05) is 32.3 Å². The van der Waals surface area contributed by atoms with Crippen molar-refractivity contribution in [3.05, 3.63) is 11.1 Å². The molecule has 0 aliphatic carbocycles. The average Bonchev–Trinajstić information content (AvgIpc) is 2.38. The molecule has 2 amide bonds. The molecule has 0 fully saturated rings. The van der Waals surface area contributed by atoms with Crippen LogP contribution in [-0.2, 0) is 9.59 Å². The third kappa shape index (κ3) is 3.90. The van der Waals surface area contributed by atoms with E-state index in [2.05, 4.69) is 13.8 Å². The van der Waals surface area contributed by atoms with Gasteiger partial charge in [0.2, 0.25) is 5.91 Å². The standard InChI is InChI=1S/C15H26N2O2/c1-5-7-9-16(10-8-6-2)17-14(18)11-12(3)13(4)15(17)19/h5-11H2,1-4H3. The number of rotatable bonds is 7. The second kappa shape index (κ2) is 7.43. The van der Waals surface area contributed by atoms with Crippen LogP contribution in [0, 0.1) is 0 Å². The molecule has 0 unspecified atom stereocenters. The minimum atomic E-state index is -0.138.